The van der Waals surface area contributed by atoms with Crippen LogP contribution in [-0.2, 0) is 0 Å². The van der Waals surface area contributed by atoms with E-state index in [1.807, 2.05) is 19.1 Å². The van der Waals surface area contributed by atoms with E-state index in [9.17, 15) is 0 Å². The minimum Gasteiger partial charge on any atom is -0.456 e. The standard InChI is InChI=1S/C31H22O/c1-3-10-20(2)30-24-12-4-6-14-26(24)31(27-15-7-5-13-25(27)30)21-17-18-23-22-11-8-9-16-28(22)32-29(23)19-21/h3-19H,2H2,1H3/b10-3-. The molecule has 0 atom stereocenters. The summed E-state index contributed by atoms with van der Waals surface area (Å²) in [6, 6.07) is 32.1. The number of allylic oxidation sites excluding steroid dienone is 3. The summed E-state index contributed by atoms with van der Waals surface area (Å²) >= 11 is 0. The number of hydrogen-bond donors (Lipinski definition) is 0. The highest BCUT2D eigenvalue weighted by Crippen LogP contribution is 2.43. The molecular weight excluding hydrogens is 388 g/mol. The van der Waals surface area contributed by atoms with Gasteiger partial charge >= 0.3 is 0 Å². The van der Waals surface area contributed by atoms with E-state index in [0.29, 0.717) is 0 Å². The van der Waals surface area contributed by atoms with Gasteiger partial charge in [0.2, 0.25) is 0 Å². The van der Waals surface area contributed by atoms with Crippen LogP contribution in [0.2, 0.25) is 0 Å². The van der Waals surface area contributed by atoms with Gasteiger partial charge in [0.1, 0.15) is 11.2 Å². The van der Waals surface area contributed by atoms with Gasteiger partial charge in [-0.05, 0) is 68.9 Å². The molecule has 0 saturated carbocycles. The van der Waals surface area contributed by atoms with E-state index in [4.69, 9.17) is 4.42 Å². The Balaban J connectivity index is 1.74. The smallest absolute Gasteiger partial charge is 0.136 e. The summed E-state index contributed by atoms with van der Waals surface area (Å²) in [4.78, 5) is 0. The van der Waals surface area contributed by atoms with Crippen molar-refractivity contribution >= 4 is 49.1 Å². The molecule has 0 spiro atoms. The van der Waals surface area contributed by atoms with E-state index in [0.717, 1.165) is 33.1 Å². The topological polar surface area (TPSA) is 13.1 Å². The molecule has 0 saturated heterocycles. The highest BCUT2D eigenvalue weighted by Gasteiger charge is 2.17. The van der Waals surface area contributed by atoms with Crippen LogP contribution in [0.25, 0.3) is 60.2 Å². The van der Waals surface area contributed by atoms with Crippen molar-refractivity contribution in [1.29, 1.82) is 0 Å². The first-order valence-corrected chi connectivity index (χ1v) is 10.9. The number of fused-ring (bicyclic) bond motifs is 5. The van der Waals surface area contributed by atoms with Crippen molar-refractivity contribution in [3.8, 4) is 11.1 Å². The van der Waals surface area contributed by atoms with Gasteiger partial charge in [-0.2, -0.15) is 0 Å². The first kappa shape index (κ1) is 18.7. The Kier molecular flexibility index (Phi) is 4.22. The summed E-state index contributed by atoms with van der Waals surface area (Å²) in [6.07, 6.45) is 4.14. The quantitative estimate of drug-likeness (QED) is 0.209. The molecule has 0 fully saturated rings. The van der Waals surface area contributed by atoms with E-state index in [1.54, 1.807) is 0 Å². The Labute approximate surface area is 186 Å². The van der Waals surface area contributed by atoms with E-state index in [1.165, 1.54) is 32.7 Å². The molecule has 1 heterocycles. The Morgan fingerprint density at radius 2 is 1.22 bits per heavy atom. The summed E-state index contributed by atoms with van der Waals surface area (Å²) in [5, 5.41) is 7.19. The lowest BCUT2D eigenvalue weighted by molar-refractivity contribution is 0.669. The van der Waals surface area contributed by atoms with Crippen LogP contribution in [-0.4, -0.2) is 0 Å². The van der Waals surface area contributed by atoms with Crippen molar-refractivity contribution in [1.82, 2.24) is 0 Å². The molecule has 1 aromatic heterocycles. The number of benzene rings is 5. The second-order valence-electron chi connectivity index (χ2n) is 8.18. The Morgan fingerprint density at radius 1 is 0.656 bits per heavy atom. The van der Waals surface area contributed by atoms with Gasteiger partial charge in [0.25, 0.3) is 0 Å². The molecule has 152 valence electrons. The monoisotopic (exact) mass is 410 g/mol. The van der Waals surface area contributed by atoms with E-state index in [-0.39, 0.29) is 0 Å². The molecule has 6 rings (SSSR count). The van der Waals surface area contributed by atoms with Crippen molar-refractivity contribution in [2.45, 2.75) is 6.92 Å². The van der Waals surface area contributed by atoms with Gasteiger partial charge in [0.05, 0.1) is 0 Å². The lowest BCUT2D eigenvalue weighted by atomic mass is 9.86. The molecule has 6 aromatic rings. The summed E-state index contributed by atoms with van der Waals surface area (Å²) in [5.74, 6) is 0. The van der Waals surface area contributed by atoms with Gasteiger partial charge in [0.15, 0.2) is 0 Å². The van der Waals surface area contributed by atoms with Crippen molar-refractivity contribution in [2.75, 3.05) is 0 Å². The number of furan rings is 1. The predicted molar refractivity (Wildman–Crippen MR) is 138 cm³/mol. The van der Waals surface area contributed by atoms with Gasteiger partial charge in [-0.3, -0.25) is 0 Å². The second kappa shape index (κ2) is 7.25. The zero-order valence-corrected chi connectivity index (χ0v) is 17.9. The largest absolute Gasteiger partial charge is 0.456 e. The van der Waals surface area contributed by atoms with E-state index in [2.05, 4.69) is 97.6 Å². The van der Waals surface area contributed by atoms with Crippen LogP contribution in [0.4, 0.5) is 0 Å². The normalized spacial score (nSPS) is 11.9. The fourth-order valence-electron chi connectivity index (χ4n) is 4.95. The average molecular weight is 411 g/mol. The van der Waals surface area contributed by atoms with E-state index >= 15 is 0 Å². The molecule has 0 radical (unpaired) electrons. The van der Waals surface area contributed by atoms with Crippen LogP contribution in [0.15, 0.2) is 114 Å². The second-order valence-corrected chi connectivity index (χ2v) is 8.18. The lowest BCUT2D eigenvalue weighted by Crippen LogP contribution is -1.92. The van der Waals surface area contributed by atoms with Crippen LogP contribution in [0.3, 0.4) is 0 Å². The molecule has 0 bridgehead atoms. The van der Waals surface area contributed by atoms with Crippen molar-refractivity contribution in [2.24, 2.45) is 0 Å². The fourth-order valence-corrected chi connectivity index (χ4v) is 4.95. The summed E-state index contributed by atoms with van der Waals surface area (Å²) in [6.45, 7) is 6.41. The van der Waals surface area contributed by atoms with Crippen molar-refractivity contribution < 1.29 is 4.42 Å². The Morgan fingerprint density at radius 3 is 1.88 bits per heavy atom. The maximum Gasteiger partial charge on any atom is 0.136 e. The van der Waals surface area contributed by atoms with Gasteiger partial charge < -0.3 is 4.42 Å². The van der Waals surface area contributed by atoms with E-state index < -0.39 is 0 Å². The van der Waals surface area contributed by atoms with Crippen LogP contribution in [0.5, 0.6) is 0 Å². The van der Waals surface area contributed by atoms with Gasteiger partial charge in [-0.15, -0.1) is 0 Å². The molecule has 0 aliphatic heterocycles. The third-order valence-corrected chi connectivity index (χ3v) is 6.29. The Hall–Kier alpha value is -4.10. The third kappa shape index (κ3) is 2.72. The highest BCUT2D eigenvalue weighted by molar-refractivity contribution is 6.20. The maximum atomic E-state index is 6.21. The van der Waals surface area contributed by atoms with Crippen molar-refractivity contribution in [3.05, 3.63) is 115 Å². The number of para-hydroxylation sites is 1. The van der Waals surface area contributed by atoms with Crippen LogP contribution in [0, 0.1) is 0 Å². The number of rotatable bonds is 3. The summed E-state index contributed by atoms with van der Waals surface area (Å²) in [5.41, 5.74) is 6.46. The van der Waals surface area contributed by atoms with Gasteiger partial charge in [0, 0.05) is 10.8 Å². The summed E-state index contributed by atoms with van der Waals surface area (Å²) in [7, 11) is 0. The van der Waals surface area contributed by atoms with Crippen LogP contribution < -0.4 is 0 Å². The zero-order chi connectivity index (χ0) is 21.7. The minimum atomic E-state index is 0.916. The Bertz CT molecular complexity index is 1640. The first-order chi connectivity index (χ1) is 15.8. The molecule has 0 amide bonds. The van der Waals surface area contributed by atoms with Crippen LogP contribution >= 0.6 is 0 Å². The minimum absolute atomic E-state index is 0.916. The highest BCUT2D eigenvalue weighted by atomic mass is 16.3. The molecule has 0 N–H and O–H groups in total. The van der Waals surface area contributed by atoms with Crippen molar-refractivity contribution in [3.63, 3.8) is 0 Å². The molecule has 1 nitrogen and oxygen atoms in total. The SMILES string of the molecule is C=C(/C=C\C)c1c2ccccc2c(-c2ccc3c(c2)oc2ccccc23)c2ccccc12. The summed E-state index contributed by atoms with van der Waals surface area (Å²) < 4.78 is 6.21. The van der Waals surface area contributed by atoms with Crippen LogP contribution in [0.1, 0.15) is 12.5 Å². The van der Waals surface area contributed by atoms with Gasteiger partial charge in [-0.25, -0.2) is 0 Å². The lowest BCUT2D eigenvalue weighted by Gasteiger charge is -2.17. The fraction of sp³-hybridized carbons (Fsp3) is 0.0323. The molecule has 0 aliphatic carbocycles. The third-order valence-electron chi connectivity index (χ3n) is 6.29. The molecule has 32 heavy (non-hydrogen) atoms. The molecular formula is C31H22O. The molecule has 5 aromatic carbocycles. The first-order valence-electron chi connectivity index (χ1n) is 10.9. The van der Waals surface area contributed by atoms with Gasteiger partial charge in [-0.1, -0.05) is 91.5 Å². The average Bonchev–Trinajstić information content (AvgIpc) is 3.20. The maximum absolute atomic E-state index is 6.21. The number of hydrogen-bond acceptors (Lipinski definition) is 1. The predicted octanol–water partition coefficient (Wildman–Crippen LogP) is 9.15. The zero-order valence-electron chi connectivity index (χ0n) is 17.9. The molecule has 1 heteroatoms. The molecule has 0 aliphatic rings. The molecule has 0 unspecified atom stereocenters.